The minimum Gasteiger partial charge on any atom is -0.467 e. The Labute approximate surface area is 173 Å². The van der Waals surface area contributed by atoms with Crippen molar-refractivity contribution < 1.29 is 9.21 Å². The number of aryl methyl sites for hydroxylation is 1. The van der Waals surface area contributed by atoms with Crippen molar-refractivity contribution in [2.45, 2.75) is 24.4 Å². The predicted octanol–water partition coefficient (Wildman–Crippen LogP) is 3.07. The molecule has 8 nitrogen and oxygen atoms in total. The Kier molecular flexibility index (Phi) is 5.33. The monoisotopic (exact) mass is 425 g/mol. The number of hydrazone groups is 1. The van der Waals surface area contributed by atoms with Crippen LogP contribution in [-0.4, -0.2) is 32.3 Å². The number of hydrogen-bond donors (Lipinski definition) is 1. The second-order valence-electron chi connectivity index (χ2n) is 6.25. The van der Waals surface area contributed by atoms with Gasteiger partial charge in [0.05, 0.1) is 22.6 Å². The summed E-state index contributed by atoms with van der Waals surface area (Å²) in [5.41, 5.74) is 0.955. The van der Waals surface area contributed by atoms with Gasteiger partial charge in [0.2, 0.25) is 0 Å². The molecule has 4 rings (SSSR count). The number of hydrogen-bond acceptors (Lipinski definition) is 8. The fourth-order valence-electron chi connectivity index (χ4n) is 3.03. The van der Waals surface area contributed by atoms with Crippen molar-refractivity contribution in [2.75, 3.05) is 5.75 Å². The molecule has 1 atom stereocenters. The molecule has 0 saturated heterocycles. The molecule has 1 amide bonds. The Balaban J connectivity index is 1.58. The average Bonchev–Trinajstić information content (AvgIpc) is 3.46. The molecule has 4 heterocycles. The summed E-state index contributed by atoms with van der Waals surface area (Å²) in [5.74, 6) is 0.385. The first-order valence-electron chi connectivity index (χ1n) is 8.67. The Morgan fingerprint density at radius 2 is 2.34 bits per heavy atom. The SMILES string of the molecule is Cc1[nH]c(=O)nc(SCC(=O)N2N=C(c3cccs3)C[C@H]2c2ccco2)c1C#N. The lowest BCUT2D eigenvalue weighted by Crippen LogP contribution is -2.28. The van der Waals surface area contributed by atoms with Gasteiger partial charge in [-0.2, -0.15) is 15.3 Å². The number of rotatable bonds is 5. The van der Waals surface area contributed by atoms with Crippen molar-refractivity contribution in [1.29, 1.82) is 5.26 Å². The molecule has 1 aliphatic rings. The highest BCUT2D eigenvalue weighted by Crippen LogP contribution is 2.34. The number of H-pyrrole nitrogens is 1. The fourth-order valence-corrected chi connectivity index (χ4v) is 4.63. The molecule has 29 heavy (non-hydrogen) atoms. The number of furan rings is 1. The first-order chi connectivity index (χ1) is 14.1. The van der Waals surface area contributed by atoms with Crippen LogP contribution in [0, 0.1) is 18.3 Å². The molecule has 0 unspecified atom stereocenters. The number of nitrogens with one attached hydrogen (secondary N) is 1. The van der Waals surface area contributed by atoms with Gasteiger partial charge in [-0.1, -0.05) is 17.8 Å². The van der Waals surface area contributed by atoms with Crippen LogP contribution < -0.4 is 5.69 Å². The maximum absolute atomic E-state index is 13.0. The lowest BCUT2D eigenvalue weighted by molar-refractivity contribution is -0.130. The van der Waals surface area contributed by atoms with E-state index in [-0.39, 0.29) is 28.3 Å². The van der Waals surface area contributed by atoms with Crippen LogP contribution in [0.5, 0.6) is 0 Å². The molecule has 0 bridgehead atoms. The van der Waals surface area contributed by atoms with Crippen molar-refractivity contribution in [3.63, 3.8) is 0 Å². The Bertz CT molecular complexity index is 1160. The summed E-state index contributed by atoms with van der Waals surface area (Å²) in [6.45, 7) is 1.62. The van der Waals surface area contributed by atoms with Crippen molar-refractivity contribution in [1.82, 2.24) is 15.0 Å². The third kappa shape index (κ3) is 3.87. The van der Waals surface area contributed by atoms with Crippen LogP contribution in [0.25, 0.3) is 0 Å². The van der Waals surface area contributed by atoms with Crippen LogP contribution in [0.1, 0.15) is 34.4 Å². The van der Waals surface area contributed by atoms with Crippen LogP contribution in [0.3, 0.4) is 0 Å². The molecule has 3 aromatic rings. The molecule has 146 valence electrons. The number of nitriles is 1. The quantitative estimate of drug-likeness (QED) is 0.496. The van der Waals surface area contributed by atoms with E-state index in [1.807, 2.05) is 29.6 Å². The maximum Gasteiger partial charge on any atom is 0.346 e. The highest BCUT2D eigenvalue weighted by molar-refractivity contribution is 8.00. The minimum atomic E-state index is -0.552. The third-order valence-electron chi connectivity index (χ3n) is 4.37. The lowest BCUT2D eigenvalue weighted by atomic mass is 10.1. The summed E-state index contributed by atoms with van der Waals surface area (Å²) in [4.78, 5) is 31.9. The van der Waals surface area contributed by atoms with Crippen LogP contribution >= 0.6 is 23.1 Å². The fraction of sp³-hybridized carbons (Fsp3) is 0.211. The van der Waals surface area contributed by atoms with Crippen molar-refractivity contribution in [3.05, 3.63) is 68.3 Å². The summed E-state index contributed by atoms with van der Waals surface area (Å²) in [6.07, 6.45) is 2.12. The van der Waals surface area contributed by atoms with Crippen molar-refractivity contribution in [3.8, 4) is 6.07 Å². The third-order valence-corrected chi connectivity index (χ3v) is 6.25. The van der Waals surface area contributed by atoms with Crippen molar-refractivity contribution in [2.24, 2.45) is 5.10 Å². The summed E-state index contributed by atoms with van der Waals surface area (Å²) >= 11 is 2.61. The smallest absolute Gasteiger partial charge is 0.346 e. The van der Waals surface area contributed by atoms with Gasteiger partial charge < -0.3 is 9.40 Å². The number of nitrogens with zero attached hydrogens (tertiary/aromatic N) is 4. The van der Waals surface area contributed by atoms with E-state index in [9.17, 15) is 14.9 Å². The van der Waals surface area contributed by atoms with Gasteiger partial charge >= 0.3 is 5.69 Å². The minimum absolute atomic E-state index is 0.0109. The predicted molar refractivity (Wildman–Crippen MR) is 109 cm³/mol. The first-order valence-corrected chi connectivity index (χ1v) is 10.5. The molecule has 3 aromatic heterocycles. The number of thiophene rings is 1. The zero-order valence-electron chi connectivity index (χ0n) is 15.3. The first kappa shape index (κ1) is 19.2. The zero-order chi connectivity index (χ0) is 20.4. The van der Waals surface area contributed by atoms with Gasteiger partial charge in [0.1, 0.15) is 28.5 Å². The van der Waals surface area contributed by atoms with Crippen LogP contribution in [-0.2, 0) is 4.79 Å². The van der Waals surface area contributed by atoms with Gasteiger partial charge in [-0.15, -0.1) is 11.3 Å². The Morgan fingerprint density at radius 1 is 1.48 bits per heavy atom. The standard InChI is InChI=1S/C19H15N5O3S2/c1-11-12(9-20)18(22-19(26)21-11)29-10-17(25)24-14(15-4-2-6-27-15)8-13(23-24)16-5-3-7-28-16/h2-7,14H,8,10H2,1H3,(H,21,22,26)/t14-/m0/s1. The molecule has 0 aliphatic carbocycles. The highest BCUT2D eigenvalue weighted by Gasteiger charge is 2.35. The zero-order valence-corrected chi connectivity index (χ0v) is 16.9. The second-order valence-corrected chi connectivity index (χ2v) is 8.16. The second kappa shape index (κ2) is 8.06. The summed E-state index contributed by atoms with van der Waals surface area (Å²) in [5, 5.41) is 17.5. The van der Waals surface area contributed by atoms with Crippen molar-refractivity contribution >= 4 is 34.7 Å². The van der Waals surface area contributed by atoms with E-state index in [1.54, 1.807) is 30.6 Å². The van der Waals surface area contributed by atoms with E-state index in [2.05, 4.69) is 15.1 Å². The molecule has 1 N–H and O–H groups in total. The van der Waals surface area contributed by atoms with Gasteiger partial charge in [0.15, 0.2) is 0 Å². The molecule has 10 heteroatoms. The van der Waals surface area contributed by atoms with E-state index < -0.39 is 5.69 Å². The summed E-state index contributed by atoms with van der Waals surface area (Å²) < 4.78 is 5.52. The average molecular weight is 425 g/mol. The topological polar surface area (TPSA) is 115 Å². The van der Waals surface area contributed by atoms with Gasteiger partial charge in [-0.25, -0.2) is 9.80 Å². The largest absolute Gasteiger partial charge is 0.467 e. The van der Waals surface area contributed by atoms with Gasteiger partial charge in [-0.3, -0.25) is 4.79 Å². The Hall–Kier alpha value is -3.16. The summed E-state index contributed by atoms with van der Waals surface area (Å²) in [7, 11) is 0. The van der Waals surface area contributed by atoms with E-state index >= 15 is 0 Å². The molecule has 0 saturated carbocycles. The van der Waals surface area contributed by atoms with Gasteiger partial charge in [0.25, 0.3) is 5.91 Å². The molecule has 0 spiro atoms. The molecule has 1 aliphatic heterocycles. The normalized spacial score (nSPS) is 15.9. The lowest BCUT2D eigenvalue weighted by Gasteiger charge is -2.19. The number of thioether (sulfide) groups is 1. The van der Waals surface area contributed by atoms with Crippen LogP contribution in [0.2, 0.25) is 0 Å². The number of aromatic nitrogens is 2. The molecular formula is C19H15N5O3S2. The number of carbonyl (C=O) groups excluding carboxylic acids is 1. The Morgan fingerprint density at radius 3 is 3.03 bits per heavy atom. The van der Waals surface area contributed by atoms with Gasteiger partial charge in [0, 0.05) is 12.1 Å². The van der Waals surface area contributed by atoms with E-state index in [4.69, 9.17) is 4.42 Å². The van der Waals surface area contributed by atoms with Crippen LogP contribution in [0.15, 0.2) is 55.2 Å². The number of amides is 1. The summed E-state index contributed by atoms with van der Waals surface area (Å²) in [6, 6.07) is 9.19. The number of carbonyl (C=O) groups is 1. The molecule has 0 radical (unpaired) electrons. The van der Waals surface area contributed by atoms with Gasteiger partial charge in [-0.05, 0) is 30.5 Å². The highest BCUT2D eigenvalue weighted by atomic mass is 32.2. The number of aromatic amines is 1. The molecular weight excluding hydrogens is 410 g/mol. The van der Waals surface area contributed by atoms with E-state index in [0.717, 1.165) is 22.4 Å². The maximum atomic E-state index is 13.0. The molecule has 0 fully saturated rings. The van der Waals surface area contributed by atoms with E-state index in [1.165, 1.54) is 5.01 Å². The van der Waals surface area contributed by atoms with Crippen LogP contribution in [0.4, 0.5) is 0 Å². The molecule has 0 aromatic carbocycles. The van der Waals surface area contributed by atoms with E-state index in [0.29, 0.717) is 17.9 Å².